The largest absolute Gasteiger partial charge is 0.313 e. The number of benzene rings is 1. The van der Waals surface area contributed by atoms with Crippen LogP contribution in [0.15, 0.2) is 18.2 Å². The van der Waals surface area contributed by atoms with Crippen LogP contribution < -0.4 is 5.32 Å². The molecule has 0 aliphatic carbocycles. The molecule has 3 nitrogen and oxygen atoms in total. The van der Waals surface area contributed by atoms with Gasteiger partial charge in [-0.1, -0.05) is 19.4 Å². The summed E-state index contributed by atoms with van der Waals surface area (Å²) in [6.07, 6.45) is 4.77. The molecule has 0 bridgehead atoms. The second-order valence-electron chi connectivity index (χ2n) is 5.80. The molecule has 4 heteroatoms. The zero-order valence-corrected chi connectivity index (χ0v) is 12.7. The maximum absolute atomic E-state index is 13.2. The minimum atomic E-state index is -0.340. The summed E-state index contributed by atoms with van der Waals surface area (Å²) in [5.74, 6) is -0.340. The fraction of sp³-hybridized carbons (Fsp3) is 0.588. The van der Waals surface area contributed by atoms with E-state index in [0.29, 0.717) is 11.6 Å². The molecule has 1 atom stereocenters. The summed E-state index contributed by atoms with van der Waals surface area (Å²) in [7, 11) is 0. The van der Waals surface area contributed by atoms with Gasteiger partial charge in [0.1, 0.15) is 5.82 Å². The molecule has 1 aromatic carbocycles. The summed E-state index contributed by atoms with van der Waals surface area (Å²) in [5.41, 5.74) is 1.38. The maximum atomic E-state index is 13.2. The molecule has 114 valence electrons. The Balaban J connectivity index is 2.04. The van der Waals surface area contributed by atoms with Gasteiger partial charge in [-0.15, -0.1) is 0 Å². The third-order valence-corrected chi connectivity index (χ3v) is 4.06. The Hall–Kier alpha value is -1.44. The van der Waals surface area contributed by atoms with E-state index in [1.165, 1.54) is 25.0 Å². The first-order valence-electron chi connectivity index (χ1n) is 7.87. The van der Waals surface area contributed by atoms with Crippen LogP contribution in [-0.4, -0.2) is 30.6 Å². The zero-order valence-electron chi connectivity index (χ0n) is 12.7. The first-order valence-corrected chi connectivity index (χ1v) is 7.87. The molecule has 0 radical (unpaired) electrons. The molecule has 1 saturated heterocycles. The van der Waals surface area contributed by atoms with E-state index in [9.17, 15) is 4.39 Å². The van der Waals surface area contributed by atoms with Gasteiger partial charge < -0.3 is 5.32 Å². The van der Waals surface area contributed by atoms with E-state index in [0.717, 1.165) is 44.6 Å². The van der Waals surface area contributed by atoms with Crippen LogP contribution in [-0.2, 0) is 6.54 Å². The highest BCUT2D eigenvalue weighted by molar-refractivity contribution is 5.37. The predicted molar refractivity (Wildman–Crippen MR) is 82.3 cm³/mol. The topological polar surface area (TPSA) is 39.1 Å². The average Bonchev–Trinajstić information content (AvgIpc) is 2.99. The van der Waals surface area contributed by atoms with Crippen LogP contribution >= 0.6 is 0 Å². The first-order chi connectivity index (χ1) is 10.2. The van der Waals surface area contributed by atoms with Gasteiger partial charge in [0.05, 0.1) is 11.6 Å². The second kappa shape index (κ2) is 8.11. The summed E-state index contributed by atoms with van der Waals surface area (Å²) in [4.78, 5) is 2.39. The second-order valence-corrected chi connectivity index (χ2v) is 5.80. The predicted octanol–water partition coefficient (Wildman–Crippen LogP) is 3.05. The van der Waals surface area contributed by atoms with E-state index < -0.39 is 0 Å². The average molecular weight is 289 g/mol. The van der Waals surface area contributed by atoms with E-state index in [1.807, 2.05) is 0 Å². The highest BCUT2D eigenvalue weighted by Crippen LogP contribution is 2.15. The molecular formula is C17H24FN3. The number of nitrogens with zero attached hydrogens (tertiary/aromatic N) is 2. The Kier molecular flexibility index (Phi) is 6.16. The molecule has 1 fully saturated rings. The molecule has 1 unspecified atom stereocenters. The van der Waals surface area contributed by atoms with E-state index >= 15 is 0 Å². The lowest BCUT2D eigenvalue weighted by Gasteiger charge is -2.26. The quantitative estimate of drug-likeness (QED) is 0.838. The van der Waals surface area contributed by atoms with Gasteiger partial charge in [-0.3, -0.25) is 4.90 Å². The SMILES string of the molecule is CCCCN(Cc1ccc(F)cc1C#N)CC1CCCN1. The monoisotopic (exact) mass is 289 g/mol. The van der Waals surface area contributed by atoms with Crippen molar-refractivity contribution in [3.8, 4) is 6.07 Å². The maximum Gasteiger partial charge on any atom is 0.124 e. The van der Waals surface area contributed by atoms with E-state index in [-0.39, 0.29) is 5.82 Å². The normalized spacial score (nSPS) is 18.1. The van der Waals surface area contributed by atoms with Gasteiger partial charge in [0.2, 0.25) is 0 Å². The van der Waals surface area contributed by atoms with Gasteiger partial charge in [-0.25, -0.2) is 4.39 Å². The molecule has 21 heavy (non-hydrogen) atoms. The lowest BCUT2D eigenvalue weighted by Crippen LogP contribution is -2.37. The van der Waals surface area contributed by atoms with E-state index in [4.69, 9.17) is 5.26 Å². The highest BCUT2D eigenvalue weighted by atomic mass is 19.1. The van der Waals surface area contributed by atoms with Crippen LogP contribution in [0.25, 0.3) is 0 Å². The third kappa shape index (κ3) is 4.80. The van der Waals surface area contributed by atoms with Crippen molar-refractivity contribution in [1.82, 2.24) is 10.2 Å². The summed E-state index contributed by atoms with van der Waals surface area (Å²) in [5, 5.41) is 12.7. The number of nitriles is 1. The van der Waals surface area contributed by atoms with Crippen molar-refractivity contribution in [3.05, 3.63) is 35.1 Å². The number of hydrogen-bond donors (Lipinski definition) is 1. The molecule has 0 aromatic heterocycles. The van der Waals surface area contributed by atoms with E-state index in [1.54, 1.807) is 6.07 Å². The molecule has 1 aromatic rings. The zero-order chi connectivity index (χ0) is 15.1. The minimum absolute atomic E-state index is 0.340. The van der Waals surface area contributed by atoms with Gasteiger partial charge in [-0.2, -0.15) is 5.26 Å². The number of unbranched alkanes of at least 4 members (excludes halogenated alkanes) is 1. The number of halogens is 1. The van der Waals surface area contributed by atoms with Gasteiger partial charge >= 0.3 is 0 Å². The molecule has 0 saturated carbocycles. The van der Waals surface area contributed by atoms with E-state index in [2.05, 4.69) is 23.2 Å². The lowest BCUT2D eigenvalue weighted by molar-refractivity contribution is 0.237. The Labute approximate surface area is 126 Å². The van der Waals surface area contributed by atoms with Crippen LogP contribution in [0.4, 0.5) is 4.39 Å². The van der Waals surface area contributed by atoms with Gasteiger partial charge in [0.25, 0.3) is 0 Å². The van der Waals surface area contributed by atoms with Gasteiger partial charge in [-0.05, 0) is 50.0 Å². The third-order valence-electron chi connectivity index (χ3n) is 4.06. The molecule has 2 rings (SSSR count). The van der Waals surface area contributed by atoms with Crippen LogP contribution in [0.5, 0.6) is 0 Å². The van der Waals surface area contributed by atoms with Gasteiger partial charge in [0.15, 0.2) is 0 Å². The van der Waals surface area contributed by atoms with Crippen molar-refractivity contribution in [2.75, 3.05) is 19.6 Å². The number of rotatable bonds is 7. The van der Waals surface area contributed by atoms with Crippen LogP contribution in [0.3, 0.4) is 0 Å². The summed E-state index contributed by atoms with van der Waals surface area (Å²) < 4.78 is 13.2. The molecule has 1 N–H and O–H groups in total. The number of nitrogens with one attached hydrogen (secondary N) is 1. The molecule has 1 aliphatic heterocycles. The van der Waals surface area contributed by atoms with Crippen LogP contribution in [0.2, 0.25) is 0 Å². The van der Waals surface area contributed by atoms with Crippen molar-refractivity contribution < 1.29 is 4.39 Å². The highest BCUT2D eigenvalue weighted by Gasteiger charge is 2.18. The summed E-state index contributed by atoms with van der Waals surface area (Å²) >= 11 is 0. The molecule has 1 aliphatic rings. The van der Waals surface area contributed by atoms with Crippen LogP contribution in [0.1, 0.15) is 43.7 Å². The smallest absolute Gasteiger partial charge is 0.124 e. The van der Waals surface area contributed by atoms with Crippen molar-refractivity contribution in [3.63, 3.8) is 0 Å². The standard InChI is InChI=1S/C17H24FN3/c1-2-3-9-21(13-17-5-4-8-20-17)12-14-6-7-16(18)10-15(14)11-19/h6-7,10,17,20H,2-5,8-9,12-13H2,1H3. The van der Waals surface area contributed by atoms with Crippen molar-refractivity contribution in [2.24, 2.45) is 0 Å². The van der Waals surface area contributed by atoms with Gasteiger partial charge in [0, 0.05) is 19.1 Å². The van der Waals surface area contributed by atoms with Crippen LogP contribution in [0, 0.1) is 17.1 Å². The molecule has 0 amide bonds. The first kappa shape index (κ1) is 15.9. The number of hydrogen-bond acceptors (Lipinski definition) is 3. The minimum Gasteiger partial charge on any atom is -0.313 e. The Morgan fingerprint density at radius 1 is 1.48 bits per heavy atom. The Morgan fingerprint density at radius 3 is 3.00 bits per heavy atom. The fourth-order valence-corrected chi connectivity index (χ4v) is 2.87. The molecular weight excluding hydrogens is 265 g/mol. The Morgan fingerprint density at radius 2 is 2.33 bits per heavy atom. The van der Waals surface area contributed by atoms with Crippen molar-refractivity contribution in [1.29, 1.82) is 5.26 Å². The lowest BCUT2D eigenvalue weighted by atomic mass is 10.1. The summed E-state index contributed by atoms with van der Waals surface area (Å²) in [6.45, 7) is 6.04. The molecule has 0 spiro atoms. The summed E-state index contributed by atoms with van der Waals surface area (Å²) in [6, 6.07) is 7.18. The molecule has 1 heterocycles. The fourth-order valence-electron chi connectivity index (χ4n) is 2.87. The van der Waals surface area contributed by atoms with Crippen molar-refractivity contribution in [2.45, 2.75) is 45.2 Å². The van der Waals surface area contributed by atoms with Crippen molar-refractivity contribution >= 4 is 0 Å². The Bertz CT molecular complexity index is 489.